The molecular formula is C6H6IN3. The van der Waals surface area contributed by atoms with Crippen LogP contribution in [0.4, 0.5) is 5.69 Å². The summed E-state index contributed by atoms with van der Waals surface area (Å²) in [5.74, 6) is 0. The lowest BCUT2D eigenvalue weighted by Gasteiger charge is -1.88. The first-order valence-corrected chi connectivity index (χ1v) is 3.85. The van der Waals surface area contributed by atoms with Gasteiger partial charge in [-0.05, 0) is 6.07 Å². The number of H-pyrrole nitrogens is 1. The summed E-state index contributed by atoms with van der Waals surface area (Å²) in [4.78, 5) is 3.06. The van der Waals surface area contributed by atoms with Gasteiger partial charge in [-0.2, -0.15) is 0 Å². The first-order chi connectivity index (χ1) is 4.79. The second-order valence-electron chi connectivity index (χ2n) is 2.13. The molecule has 4 heteroatoms. The summed E-state index contributed by atoms with van der Waals surface area (Å²) in [6, 6.07) is 2.00. The van der Waals surface area contributed by atoms with E-state index in [-0.39, 0.29) is 0 Å². The summed E-state index contributed by atoms with van der Waals surface area (Å²) in [5, 5.41) is 0. The molecule has 2 rings (SSSR count). The van der Waals surface area contributed by atoms with Crippen molar-refractivity contribution in [3.63, 3.8) is 0 Å². The molecule has 0 aromatic carbocycles. The number of nitrogens with two attached hydrogens (primary N) is 1. The van der Waals surface area contributed by atoms with Gasteiger partial charge in [0.15, 0.2) is 0 Å². The second kappa shape index (κ2) is 1.91. The third-order valence-electron chi connectivity index (χ3n) is 1.50. The van der Waals surface area contributed by atoms with Crippen LogP contribution in [0.3, 0.4) is 0 Å². The maximum atomic E-state index is 5.66. The summed E-state index contributed by atoms with van der Waals surface area (Å²) in [6.07, 6.45) is 3.78. The Morgan fingerprint density at radius 2 is 2.40 bits per heavy atom. The number of fused-ring (bicyclic) bond motifs is 1. The number of hydrogen-bond acceptors (Lipinski definition) is 1. The van der Waals surface area contributed by atoms with Crippen molar-refractivity contribution in [2.24, 2.45) is 0 Å². The minimum atomic E-state index is 0.800. The fourth-order valence-electron chi connectivity index (χ4n) is 1.03. The Hall–Kier alpha value is -0.650. The van der Waals surface area contributed by atoms with Crippen LogP contribution < -0.4 is 5.73 Å². The first-order valence-electron chi connectivity index (χ1n) is 2.89. The molecule has 0 radical (unpaired) electrons. The van der Waals surface area contributed by atoms with Gasteiger partial charge < -0.3 is 10.7 Å². The fourth-order valence-corrected chi connectivity index (χ4v) is 1.73. The van der Waals surface area contributed by atoms with Gasteiger partial charge in [-0.1, -0.05) is 0 Å². The van der Waals surface area contributed by atoms with Crippen LogP contribution >= 0.6 is 22.9 Å². The lowest BCUT2D eigenvalue weighted by molar-refractivity contribution is 1.42. The lowest BCUT2D eigenvalue weighted by Crippen LogP contribution is -1.82. The van der Waals surface area contributed by atoms with Crippen molar-refractivity contribution >= 4 is 39.6 Å². The minimum Gasteiger partial charge on any atom is -0.396 e. The van der Waals surface area contributed by atoms with Crippen LogP contribution in [0, 0.1) is 0 Å². The topological polar surface area (TPSA) is 46.7 Å². The quantitative estimate of drug-likeness (QED) is 0.684. The Balaban J connectivity index is 2.98. The van der Waals surface area contributed by atoms with E-state index in [0.717, 1.165) is 16.7 Å². The van der Waals surface area contributed by atoms with Crippen molar-refractivity contribution in [3.8, 4) is 0 Å². The lowest BCUT2D eigenvalue weighted by atomic mass is 10.4. The van der Waals surface area contributed by atoms with E-state index in [9.17, 15) is 0 Å². The zero-order valence-corrected chi connectivity index (χ0v) is 7.29. The Kier molecular flexibility index (Phi) is 1.17. The van der Waals surface area contributed by atoms with Crippen molar-refractivity contribution < 1.29 is 0 Å². The summed E-state index contributed by atoms with van der Waals surface area (Å²) in [7, 11) is 0. The molecule has 2 aromatic heterocycles. The monoisotopic (exact) mass is 247 g/mol. The van der Waals surface area contributed by atoms with Crippen molar-refractivity contribution in [3.05, 3.63) is 18.5 Å². The van der Waals surface area contributed by atoms with Crippen LogP contribution in [0.15, 0.2) is 18.5 Å². The normalized spacial score (nSPS) is 10.9. The highest BCUT2D eigenvalue weighted by Crippen LogP contribution is 2.22. The molecule has 0 fully saturated rings. The van der Waals surface area contributed by atoms with Gasteiger partial charge in [-0.25, -0.2) is 0 Å². The molecule has 0 atom stereocenters. The van der Waals surface area contributed by atoms with Gasteiger partial charge in [0.25, 0.3) is 0 Å². The van der Waals surface area contributed by atoms with Crippen molar-refractivity contribution in [1.29, 1.82) is 0 Å². The third-order valence-corrected chi connectivity index (χ3v) is 2.30. The van der Waals surface area contributed by atoms with E-state index >= 15 is 0 Å². The number of aromatic amines is 1. The summed E-state index contributed by atoms with van der Waals surface area (Å²) < 4.78 is 1.97. The highest BCUT2D eigenvalue weighted by molar-refractivity contribution is 14.1. The van der Waals surface area contributed by atoms with Crippen LogP contribution in [0.5, 0.6) is 0 Å². The Bertz CT molecular complexity index is 328. The van der Waals surface area contributed by atoms with Gasteiger partial charge >= 0.3 is 0 Å². The number of nitrogens with zero attached hydrogens (tertiary/aromatic N) is 1. The molecular weight excluding hydrogens is 241 g/mol. The number of aromatic nitrogens is 2. The molecule has 2 heterocycles. The molecule has 3 nitrogen and oxygen atoms in total. The van der Waals surface area contributed by atoms with Gasteiger partial charge in [0.2, 0.25) is 0 Å². The van der Waals surface area contributed by atoms with Crippen LogP contribution in [-0.2, 0) is 0 Å². The molecule has 0 spiro atoms. The number of rotatable bonds is 0. The fraction of sp³-hybridized carbons (Fsp3) is 0. The van der Waals surface area contributed by atoms with E-state index in [0.29, 0.717) is 0 Å². The highest BCUT2D eigenvalue weighted by Gasteiger charge is 2.02. The van der Waals surface area contributed by atoms with Crippen LogP contribution in [0.1, 0.15) is 0 Å². The average molecular weight is 247 g/mol. The predicted molar refractivity (Wildman–Crippen MR) is 50.1 cm³/mol. The zero-order chi connectivity index (χ0) is 7.14. The maximum Gasteiger partial charge on any atom is 0.0983 e. The number of halogens is 1. The van der Waals surface area contributed by atoms with E-state index in [1.165, 1.54) is 0 Å². The van der Waals surface area contributed by atoms with Gasteiger partial charge in [-0.3, -0.25) is 2.78 Å². The number of anilines is 1. The van der Waals surface area contributed by atoms with Crippen molar-refractivity contribution in [2.45, 2.75) is 0 Å². The molecule has 0 aliphatic carbocycles. The SMILES string of the molecule is Nc1c[nH]c2ccn(I)c12. The molecule has 0 bridgehead atoms. The van der Waals surface area contributed by atoms with Gasteiger partial charge in [0.1, 0.15) is 0 Å². The highest BCUT2D eigenvalue weighted by atomic mass is 127. The first kappa shape index (κ1) is 6.09. The van der Waals surface area contributed by atoms with Crippen LogP contribution in [-0.4, -0.2) is 7.76 Å². The van der Waals surface area contributed by atoms with E-state index in [4.69, 9.17) is 5.73 Å². The van der Waals surface area contributed by atoms with Gasteiger partial charge in [0, 0.05) is 12.4 Å². The standard InChI is InChI=1S/C6H6IN3/c7-10-2-1-5-6(10)4(8)3-9-5/h1-3,9H,8H2. The molecule has 0 aliphatic rings. The Morgan fingerprint density at radius 1 is 1.60 bits per heavy atom. The van der Waals surface area contributed by atoms with E-state index in [1.807, 2.05) is 15.0 Å². The zero-order valence-electron chi connectivity index (χ0n) is 5.13. The summed E-state index contributed by atoms with van der Waals surface area (Å²) >= 11 is 2.19. The molecule has 0 aliphatic heterocycles. The number of nitrogens with one attached hydrogen (secondary N) is 1. The van der Waals surface area contributed by atoms with Gasteiger partial charge in [-0.15, -0.1) is 0 Å². The minimum absolute atomic E-state index is 0.800. The largest absolute Gasteiger partial charge is 0.396 e. The van der Waals surface area contributed by atoms with Gasteiger partial charge in [0.05, 0.1) is 39.6 Å². The van der Waals surface area contributed by atoms with E-state index < -0.39 is 0 Å². The van der Waals surface area contributed by atoms with Crippen molar-refractivity contribution in [1.82, 2.24) is 7.76 Å². The number of nitrogen functional groups attached to an aromatic ring is 1. The smallest absolute Gasteiger partial charge is 0.0983 e. The van der Waals surface area contributed by atoms with E-state index in [1.54, 1.807) is 6.20 Å². The molecule has 2 aromatic rings. The van der Waals surface area contributed by atoms with E-state index in [2.05, 4.69) is 27.8 Å². The molecule has 0 amide bonds. The predicted octanol–water partition coefficient (Wildman–Crippen LogP) is 1.75. The molecule has 0 saturated heterocycles. The van der Waals surface area contributed by atoms with Crippen LogP contribution in [0.25, 0.3) is 11.0 Å². The summed E-state index contributed by atoms with van der Waals surface area (Å²) in [6.45, 7) is 0. The number of hydrogen-bond donors (Lipinski definition) is 2. The third kappa shape index (κ3) is 0.650. The average Bonchev–Trinajstić information content (AvgIpc) is 2.40. The molecule has 0 unspecified atom stereocenters. The van der Waals surface area contributed by atoms with Crippen molar-refractivity contribution in [2.75, 3.05) is 5.73 Å². The maximum absolute atomic E-state index is 5.66. The molecule has 52 valence electrons. The Labute approximate surface area is 71.7 Å². The molecule has 10 heavy (non-hydrogen) atoms. The molecule has 0 saturated carbocycles. The van der Waals surface area contributed by atoms with Crippen LogP contribution in [0.2, 0.25) is 0 Å². The molecule has 3 N–H and O–H groups in total. The Morgan fingerprint density at radius 3 is 3.10 bits per heavy atom. The summed E-state index contributed by atoms with van der Waals surface area (Å²) in [5.41, 5.74) is 8.62. The second-order valence-corrected chi connectivity index (χ2v) is 3.17.